The fourth-order valence-corrected chi connectivity index (χ4v) is 0.746. The van der Waals surface area contributed by atoms with Gasteiger partial charge in [-0.1, -0.05) is 5.92 Å². The molecule has 0 fully saturated rings. The third kappa shape index (κ3) is 13.1. The molecule has 0 aromatic heterocycles. The van der Waals surface area contributed by atoms with Crippen molar-refractivity contribution in [3.63, 3.8) is 0 Å². The first kappa shape index (κ1) is 16.2. The Balaban J connectivity index is 3.84. The van der Waals surface area contributed by atoms with Gasteiger partial charge in [0, 0.05) is 19.3 Å². The number of ether oxygens (including phenoxy) is 2. The van der Waals surface area contributed by atoms with E-state index in [2.05, 4.69) is 52.1 Å². The zero-order valence-electron chi connectivity index (χ0n) is 10.8. The summed E-state index contributed by atoms with van der Waals surface area (Å²) in [4.78, 5) is 21.5. The van der Waals surface area contributed by atoms with Gasteiger partial charge in [0.1, 0.15) is 0 Å². The Hall–Kier alpha value is -2.82. The van der Waals surface area contributed by atoms with Crippen molar-refractivity contribution < 1.29 is 19.1 Å². The van der Waals surface area contributed by atoms with Crippen molar-refractivity contribution >= 4 is 11.9 Å². The maximum atomic E-state index is 11.0. The number of hydrogen-bond acceptors (Lipinski definition) is 4. The average molecular weight is 256 g/mol. The molecular formula is C15H12O4. The highest BCUT2D eigenvalue weighted by Gasteiger charge is 1.97. The van der Waals surface area contributed by atoms with E-state index in [-0.39, 0.29) is 19.2 Å². The van der Waals surface area contributed by atoms with Crippen LogP contribution in [0.2, 0.25) is 0 Å². The summed E-state index contributed by atoms with van der Waals surface area (Å²) in [7, 11) is 0. The van der Waals surface area contributed by atoms with Crippen LogP contribution in [0.25, 0.3) is 0 Å². The predicted octanol–water partition coefficient (Wildman–Crippen LogP) is 0.516. The van der Waals surface area contributed by atoms with Gasteiger partial charge in [-0.3, -0.25) is 4.79 Å². The summed E-state index contributed by atoms with van der Waals surface area (Å²) < 4.78 is 9.39. The van der Waals surface area contributed by atoms with Gasteiger partial charge in [-0.25, -0.2) is 4.79 Å². The van der Waals surface area contributed by atoms with E-state index in [1.54, 1.807) is 6.92 Å². The molecule has 0 aliphatic heterocycles. The highest BCUT2D eigenvalue weighted by atomic mass is 16.5. The molecule has 0 aliphatic carbocycles. The van der Waals surface area contributed by atoms with Crippen LogP contribution < -0.4 is 0 Å². The number of carbonyl (C=O) groups excluding carboxylic acids is 2. The molecule has 0 saturated carbocycles. The summed E-state index contributed by atoms with van der Waals surface area (Å²) in [5.74, 6) is 18.2. The zero-order valence-corrected chi connectivity index (χ0v) is 10.8. The third-order valence-corrected chi connectivity index (χ3v) is 1.43. The molecule has 0 heterocycles. The second-order valence-electron chi connectivity index (χ2n) is 2.95. The molecule has 4 nitrogen and oxygen atoms in total. The molecule has 0 atom stereocenters. The highest BCUT2D eigenvalue weighted by molar-refractivity contribution is 5.89. The Morgan fingerprint density at radius 2 is 1.47 bits per heavy atom. The molecule has 0 spiro atoms. The van der Waals surface area contributed by atoms with Crippen molar-refractivity contribution in [2.45, 2.75) is 20.3 Å². The average Bonchev–Trinajstić information content (AvgIpc) is 2.37. The minimum Gasteiger partial charge on any atom is -0.466 e. The van der Waals surface area contributed by atoms with Crippen LogP contribution >= 0.6 is 0 Å². The standard InChI is InChI=1S/C15H12O4/c1-3-4-5-6-7-8-9-11-15(17)19-13-10-12-18-14(2)16/h10,12-13H2,1-2H3. The first-order valence-corrected chi connectivity index (χ1v) is 5.39. The van der Waals surface area contributed by atoms with Crippen LogP contribution in [0.3, 0.4) is 0 Å². The van der Waals surface area contributed by atoms with Gasteiger partial charge in [0.05, 0.1) is 13.2 Å². The molecule has 0 aromatic carbocycles. The molecule has 0 rings (SSSR count). The number of hydrogen-bond donors (Lipinski definition) is 0. The molecule has 0 N–H and O–H groups in total. The summed E-state index contributed by atoms with van der Waals surface area (Å²) in [6, 6.07) is 0. The van der Waals surface area contributed by atoms with E-state index < -0.39 is 5.97 Å². The first-order chi connectivity index (χ1) is 9.16. The minimum absolute atomic E-state index is 0.139. The van der Waals surface area contributed by atoms with E-state index in [4.69, 9.17) is 4.74 Å². The summed E-state index contributed by atoms with van der Waals surface area (Å²) in [6.07, 6.45) is 0.430. The van der Waals surface area contributed by atoms with Crippen LogP contribution in [0.5, 0.6) is 0 Å². The van der Waals surface area contributed by atoms with Crippen molar-refractivity contribution in [1.82, 2.24) is 0 Å². The van der Waals surface area contributed by atoms with E-state index in [1.807, 2.05) is 0 Å². The molecule has 0 saturated heterocycles. The summed E-state index contributed by atoms with van der Waals surface area (Å²) in [6.45, 7) is 3.33. The van der Waals surface area contributed by atoms with Crippen LogP contribution in [0.1, 0.15) is 20.3 Å². The fraction of sp³-hybridized carbons (Fsp3) is 0.333. The normalized spacial score (nSPS) is 6.84. The van der Waals surface area contributed by atoms with Gasteiger partial charge >= 0.3 is 11.9 Å². The fourth-order valence-electron chi connectivity index (χ4n) is 0.746. The van der Waals surface area contributed by atoms with Crippen molar-refractivity contribution in [3.05, 3.63) is 0 Å². The molecular weight excluding hydrogens is 244 g/mol. The quantitative estimate of drug-likeness (QED) is 0.318. The monoisotopic (exact) mass is 256 g/mol. The maximum absolute atomic E-state index is 11.0. The number of rotatable bonds is 4. The van der Waals surface area contributed by atoms with Gasteiger partial charge in [-0.2, -0.15) is 0 Å². The molecule has 96 valence electrons. The van der Waals surface area contributed by atoms with Gasteiger partial charge in [0.25, 0.3) is 0 Å². The predicted molar refractivity (Wildman–Crippen MR) is 69.0 cm³/mol. The Morgan fingerprint density at radius 1 is 0.895 bits per heavy atom. The molecule has 0 unspecified atom stereocenters. The third-order valence-electron chi connectivity index (χ3n) is 1.43. The second kappa shape index (κ2) is 11.7. The molecule has 4 heteroatoms. The van der Waals surface area contributed by atoms with E-state index in [9.17, 15) is 9.59 Å². The van der Waals surface area contributed by atoms with Gasteiger partial charge in [-0.15, -0.1) is 0 Å². The van der Waals surface area contributed by atoms with Gasteiger partial charge in [-0.05, 0) is 42.4 Å². The van der Waals surface area contributed by atoms with E-state index in [0.29, 0.717) is 6.42 Å². The van der Waals surface area contributed by atoms with Crippen LogP contribution in [0.4, 0.5) is 0 Å². The van der Waals surface area contributed by atoms with E-state index in [1.165, 1.54) is 6.92 Å². The zero-order chi connectivity index (χ0) is 14.3. The maximum Gasteiger partial charge on any atom is 0.385 e. The highest BCUT2D eigenvalue weighted by Crippen LogP contribution is 1.86. The lowest BCUT2D eigenvalue weighted by Crippen LogP contribution is -2.07. The number of carbonyl (C=O) groups is 2. The Morgan fingerprint density at radius 3 is 2.11 bits per heavy atom. The van der Waals surface area contributed by atoms with Crippen LogP contribution in [0.15, 0.2) is 0 Å². The minimum atomic E-state index is -0.682. The van der Waals surface area contributed by atoms with Crippen molar-refractivity contribution in [1.29, 1.82) is 0 Å². The molecule has 0 bridgehead atoms. The Kier molecular flexibility index (Phi) is 9.93. The van der Waals surface area contributed by atoms with Crippen LogP contribution in [0, 0.1) is 47.4 Å². The topological polar surface area (TPSA) is 52.6 Å². The van der Waals surface area contributed by atoms with E-state index >= 15 is 0 Å². The first-order valence-electron chi connectivity index (χ1n) is 5.39. The lowest BCUT2D eigenvalue weighted by atomic mass is 10.5. The molecule has 0 aliphatic rings. The lowest BCUT2D eigenvalue weighted by molar-refractivity contribution is -0.142. The van der Waals surface area contributed by atoms with Gasteiger partial charge in [0.2, 0.25) is 0 Å². The largest absolute Gasteiger partial charge is 0.466 e. The van der Waals surface area contributed by atoms with Crippen LogP contribution in [-0.4, -0.2) is 25.2 Å². The molecule has 0 amide bonds. The smallest absolute Gasteiger partial charge is 0.385 e. The molecule has 19 heavy (non-hydrogen) atoms. The van der Waals surface area contributed by atoms with Crippen molar-refractivity contribution in [3.8, 4) is 47.4 Å². The van der Waals surface area contributed by atoms with Crippen molar-refractivity contribution in [2.75, 3.05) is 13.2 Å². The van der Waals surface area contributed by atoms with Crippen molar-refractivity contribution in [2.24, 2.45) is 0 Å². The van der Waals surface area contributed by atoms with Gasteiger partial charge in [0.15, 0.2) is 0 Å². The van der Waals surface area contributed by atoms with Crippen LogP contribution in [-0.2, 0) is 19.1 Å². The lowest BCUT2D eigenvalue weighted by Gasteiger charge is -2.01. The summed E-state index contributed by atoms with van der Waals surface area (Å²) in [5, 5.41) is 0. The summed E-state index contributed by atoms with van der Waals surface area (Å²) >= 11 is 0. The summed E-state index contributed by atoms with van der Waals surface area (Å²) in [5.41, 5.74) is 0. The molecule has 0 aromatic rings. The Labute approximate surface area is 112 Å². The Bertz CT molecular complexity index is 556. The SMILES string of the molecule is CC#CC#CC#CC#CC(=O)OCCCOC(C)=O. The molecule has 0 radical (unpaired) electrons. The second-order valence-corrected chi connectivity index (χ2v) is 2.95. The number of esters is 2. The van der Waals surface area contributed by atoms with E-state index in [0.717, 1.165) is 0 Å². The van der Waals surface area contributed by atoms with Gasteiger partial charge < -0.3 is 9.47 Å².